The molecule has 0 aliphatic carbocycles. The Balaban J connectivity index is 1.46. The Labute approximate surface area is 190 Å². The second kappa shape index (κ2) is 8.21. The van der Waals surface area contributed by atoms with Crippen molar-refractivity contribution in [3.05, 3.63) is 85.6 Å². The van der Waals surface area contributed by atoms with Crippen molar-refractivity contribution in [2.24, 2.45) is 0 Å². The number of aryl methyl sites for hydroxylation is 1. The van der Waals surface area contributed by atoms with E-state index in [-0.39, 0.29) is 25.6 Å². The molecular weight excluding hydrogens is 449 g/mol. The van der Waals surface area contributed by atoms with Gasteiger partial charge in [0.25, 0.3) is 5.56 Å². The average Bonchev–Trinajstić information content (AvgIpc) is 3.47. The lowest BCUT2D eigenvalue weighted by atomic mass is 10.2. The van der Waals surface area contributed by atoms with E-state index in [1.807, 2.05) is 6.07 Å². The van der Waals surface area contributed by atoms with Gasteiger partial charge in [0.1, 0.15) is 17.1 Å². The summed E-state index contributed by atoms with van der Waals surface area (Å²) in [6.07, 6.45) is 0. The summed E-state index contributed by atoms with van der Waals surface area (Å²) in [5, 5.41) is 4.47. The van der Waals surface area contributed by atoms with Gasteiger partial charge < -0.3 is 14.8 Å². The summed E-state index contributed by atoms with van der Waals surface area (Å²) < 4.78 is 26.9. The molecule has 0 radical (unpaired) electrons. The highest BCUT2D eigenvalue weighted by Gasteiger charge is 2.18. The molecule has 4 aromatic rings. The van der Waals surface area contributed by atoms with E-state index in [9.17, 15) is 18.8 Å². The third-order valence-electron chi connectivity index (χ3n) is 5.38. The molecule has 1 amide bonds. The van der Waals surface area contributed by atoms with Gasteiger partial charge in [-0.15, -0.1) is 11.3 Å². The molecule has 0 unspecified atom stereocenters. The predicted molar refractivity (Wildman–Crippen MR) is 121 cm³/mol. The van der Waals surface area contributed by atoms with Crippen molar-refractivity contribution >= 4 is 27.5 Å². The topological polar surface area (TPSA) is 91.6 Å². The van der Waals surface area contributed by atoms with Crippen molar-refractivity contribution in [2.75, 3.05) is 6.79 Å². The highest BCUT2D eigenvalue weighted by Crippen LogP contribution is 2.32. The zero-order chi connectivity index (χ0) is 23.1. The first kappa shape index (κ1) is 21.0. The maximum Gasteiger partial charge on any atom is 0.336 e. The van der Waals surface area contributed by atoms with Crippen LogP contribution in [0.15, 0.2) is 57.4 Å². The number of ether oxygens (including phenoxy) is 2. The van der Waals surface area contributed by atoms with Gasteiger partial charge in [0.2, 0.25) is 12.7 Å². The van der Waals surface area contributed by atoms with Crippen molar-refractivity contribution in [3.8, 4) is 17.2 Å². The smallest absolute Gasteiger partial charge is 0.336 e. The predicted octanol–water partition coefficient (Wildman–Crippen LogP) is 2.71. The number of thiophene rings is 1. The lowest BCUT2D eigenvalue weighted by molar-refractivity contribution is -0.121. The fourth-order valence-corrected chi connectivity index (χ4v) is 4.51. The first-order chi connectivity index (χ1) is 15.9. The quantitative estimate of drug-likeness (QED) is 0.487. The van der Waals surface area contributed by atoms with E-state index in [1.54, 1.807) is 30.5 Å². The Hall–Kier alpha value is -3.92. The number of carbonyl (C=O) groups is 1. The number of nitrogens with zero attached hydrogens (tertiary/aromatic N) is 2. The fourth-order valence-electron chi connectivity index (χ4n) is 3.69. The average molecular weight is 467 g/mol. The Morgan fingerprint density at radius 3 is 2.76 bits per heavy atom. The van der Waals surface area contributed by atoms with Crippen LogP contribution < -0.4 is 26.0 Å². The molecule has 0 bridgehead atoms. The van der Waals surface area contributed by atoms with Gasteiger partial charge in [-0.3, -0.25) is 14.2 Å². The summed E-state index contributed by atoms with van der Waals surface area (Å²) >= 11 is 1.18. The summed E-state index contributed by atoms with van der Waals surface area (Å²) in [5.74, 6) is 0.421. The zero-order valence-corrected chi connectivity index (χ0v) is 18.3. The summed E-state index contributed by atoms with van der Waals surface area (Å²) in [4.78, 5) is 39.0. The van der Waals surface area contributed by atoms with E-state index in [0.29, 0.717) is 27.3 Å². The lowest BCUT2D eigenvalue weighted by Crippen LogP contribution is -2.41. The van der Waals surface area contributed by atoms with Gasteiger partial charge in [-0.05, 0) is 59.8 Å². The lowest BCUT2D eigenvalue weighted by Gasteiger charge is -2.13. The number of rotatable bonds is 5. The normalized spacial score (nSPS) is 12.3. The van der Waals surface area contributed by atoms with Crippen molar-refractivity contribution in [2.45, 2.75) is 20.0 Å². The summed E-state index contributed by atoms with van der Waals surface area (Å²) in [6.45, 7) is 1.66. The standard InChI is InChI=1S/C23H18FN3O5S/c1-13-8-15(3-4-16(13)24)27-22(29)21-17(6-7-33-21)26(23(27)30)11-20(28)25-10-14-2-5-18-19(9-14)32-12-31-18/h2-9H,10-12H2,1H3,(H,25,28). The van der Waals surface area contributed by atoms with Gasteiger partial charge in [0, 0.05) is 6.54 Å². The monoisotopic (exact) mass is 467 g/mol. The van der Waals surface area contributed by atoms with Crippen molar-refractivity contribution in [1.29, 1.82) is 0 Å². The van der Waals surface area contributed by atoms with Crippen LogP contribution in [0.1, 0.15) is 11.1 Å². The first-order valence-electron chi connectivity index (χ1n) is 10.1. The number of aromatic nitrogens is 2. The number of carbonyl (C=O) groups excluding carboxylic acids is 1. The summed E-state index contributed by atoms with van der Waals surface area (Å²) in [5.41, 5.74) is 0.561. The minimum Gasteiger partial charge on any atom is -0.454 e. The number of amides is 1. The number of benzene rings is 2. The second-order valence-electron chi connectivity index (χ2n) is 7.54. The molecular formula is C23H18FN3O5S. The van der Waals surface area contributed by atoms with Crippen LogP contribution in [-0.4, -0.2) is 21.8 Å². The van der Waals surface area contributed by atoms with E-state index in [0.717, 1.165) is 10.1 Å². The summed E-state index contributed by atoms with van der Waals surface area (Å²) in [6, 6.07) is 11.0. The first-order valence-corrected chi connectivity index (χ1v) is 10.9. The number of hydrogen-bond donors (Lipinski definition) is 1. The van der Waals surface area contributed by atoms with Gasteiger partial charge in [0.15, 0.2) is 11.5 Å². The highest BCUT2D eigenvalue weighted by atomic mass is 32.1. The molecule has 1 N–H and O–H groups in total. The number of nitrogens with one attached hydrogen (secondary N) is 1. The van der Waals surface area contributed by atoms with Crippen molar-refractivity contribution in [3.63, 3.8) is 0 Å². The van der Waals surface area contributed by atoms with Gasteiger partial charge in [-0.25, -0.2) is 13.8 Å². The zero-order valence-electron chi connectivity index (χ0n) is 17.5. The maximum absolute atomic E-state index is 13.7. The molecule has 0 spiro atoms. The Kier molecular flexibility index (Phi) is 5.21. The molecule has 168 valence electrons. The van der Waals surface area contributed by atoms with Crippen LogP contribution in [0.3, 0.4) is 0 Å². The molecule has 10 heteroatoms. The van der Waals surface area contributed by atoms with Crippen LogP contribution in [0.2, 0.25) is 0 Å². The van der Waals surface area contributed by atoms with E-state index in [1.165, 1.54) is 34.1 Å². The minimum absolute atomic E-state index is 0.161. The molecule has 33 heavy (non-hydrogen) atoms. The van der Waals surface area contributed by atoms with Crippen LogP contribution >= 0.6 is 11.3 Å². The largest absolute Gasteiger partial charge is 0.454 e. The van der Waals surface area contributed by atoms with E-state index < -0.39 is 23.0 Å². The molecule has 1 aliphatic rings. The molecule has 3 heterocycles. The molecule has 0 saturated carbocycles. The SMILES string of the molecule is Cc1cc(-n2c(=O)c3sccc3n(CC(=O)NCc3ccc4c(c3)OCO4)c2=O)ccc1F. The van der Waals surface area contributed by atoms with Crippen LogP contribution in [-0.2, 0) is 17.9 Å². The molecule has 2 aromatic heterocycles. The molecule has 0 fully saturated rings. The van der Waals surface area contributed by atoms with Crippen LogP contribution in [0.25, 0.3) is 15.9 Å². The minimum atomic E-state index is -0.671. The Bertz CT molecular complexity index is 1520. The van der Waals surface area contributed by atoms with Crippen LogP contribution in [0.4, 0.5) is 4.39 Å². The summed E-state index contributed by atoms with van der Waals surface area (Å²) in [7, 11) is 0. The highest BCUT2D eigenvalue weighted by molar-refractivity contribution is 7.17. The third kappa shape index (κ3) is 3.78. The maximum atomic E-state index is 13.7. The van der Waals surface area contributed by atoms with Gasteiger partial charge in [-0.2, -0.15) is 0 Å². The van der Waals surface area contributed by atoms with Gasteiger partial charge in [-0.1, -0.05) is 6.07 Å². The fraction of sp³-hybridized carbons (Fsp3) is 0.174. The second-order valence-corrected chi connectivity index (χ2v) is 8.46. The van der Waals surface area contributed by atoms with Crippen LogP contribution in [0.5, 0.6) is 11.5 Å². The Morgan fingerprint density at radius 1 is 1.12 bits per heavy atom. The molecule has 1 aliphatic heterocycles. The third-order valence-corrected chi connectivity index (χ3v) is 6.27. The van der Waals surface area contributed by atoms with Gasteiger partial charge in [0.05, 0.1) is 11.2 Å². The molecule has 5 rings (SSSR count). The molecule has 0 atom stereocenters. The van der Waals surface area contributed by atoms with Crippen molar-refractivity contribution < 1.29 is 18.7 Å². The van der Waals surface area contributed by atoms with Crippen LogP contribution in [0, 0.1) is 12.7 Å². The molecule has 8 nitrogen and oxygen atoms in total. The van der Waals surface area contributed by atoms with E-state index in [4.69, 9.17) is 9.47 Å². The number of fused-ring (bicyclic) bond motifs is 2. The number of hydrogen-bond acceptors (Lipinski definition) is 6. The molecule has 0 saturated heterocycles. The number of halogens is 1. The van der Waals surface area contributed by atoms with Crippen molar-refractivity contribution in [1.82, 2.24) is 14.5 Å². The van der Waals surface area contributed by atoms with E-state index in [2.05, 4.69) is 5.32 Å². The Morgan fingerprint density at radius 2 is 1.94 bits per heavy atom. The van der Waals surface area contributed by atoms with E-state index >= 15 is 0 Å². The van der Waals surface area contributed by atoms with Gasteiger partial charge >= 0.3 is 5.69 Å². The molecule has 2 aromatic carbocycles.